The van der Waals surface area contributed by atoms with E-state index in [1.807, 2.05) is 0 Å². The van der Waals surface area contributed by atoms with Crippen LogP contribution >= 0.6 is 0 Å². The molecule has 0 saturated carbocycles. The van der Waals surface area contributed by atoms with Crippen LogP contribution in [0.5, 0.6) is 0 Å². The van der Waals surface area contributed by atoms with Crippen LogP contribution in [0.1, 0.15) is 57.2 Å². The lowest BCUT2D eigenvalue weighted by atomic mass is 9.89. The molecular weight excluding hydrogens is 794 g/mol. The molecule has 2 heterocycles. The second-order valence-corrected chi connectivity index (χ2v) is 10.4. The van der Waals surface area contributed by atoms with Crippen LogP contribution in [-0.4, -0.2) is 29.9 Å². The molecule has 0 amide bonds. The molecule has 0 radical (unpaired) electrons. The number of nitrogens with zero attached hydrogens (tertiary/aromatic N) is 12. The highest BCUT2D eigenvalue weighted by Crippen LogP contribution is 2.57. The van der Waals surface area contributed by atoms with Gasteiger partial charge in [0, 0.05) is 44.5 Å². The highest BCUT2D eigenvalue weighted by Gasteiger charge is 2.49. The molecule has 0 atom stereocenters. The highest BCUT2D eigenvalue weighted by atomic mass is 19.4. The van der Waals surface area contributed by atoms with Crippen molar-refractivity contribution < 1.29 is 61.5 Å². The maximum atomic E-state index is 17.1. The number of alkyl halides is 12. The van der Waals surface area contributed by atoms with E-state index in [1.54, 1.807) is 0 Å². The Morgan fingerprint density at radius 3 is 0.857 bits per heavy atom. The summed E-state index contributed by atoms with van der Waals surface area (Å²) in [5, 5.41) is 59.0. The van der Waals surface area contributed by atoms with Crippen LogP contribution in [0.25, 0.3) is 33.4 Å². The lowest BCUT2D eigenvalue weighted by Gasteiger charge is -2.15. The summed E-state index contributed by atoms with van der Waals surface area (Å²) in [6.45, 7) is 0. The first-order valence-electron chi connectivity index (χ1n) is 13.7. The van der Waals surface area contributed by atoms with E-state index in [-0.39, 0.29) is 0 Å². The van der Waals surface area contributed by atoms with Gasteiger partial charge in [0.2, 0.25) is 23.3 Å². The molecule has 0 fully saturated rings. The fourth-order valence-corrected chi connectivity index (χ4v) is 5.30. The Morgan fingerprint density at radius 2 is 0.643 bits per heavy atom. The normalized spacial score (nSPS) is 13.9. The summed E-state index contributed by atoms with van der Waals surface area (Å²) in [5.41, 5.74) is -18.5. The number of hydrogen-bond donors (Lipinski definition) is 0. The average Bonchev–Trinajstić information content (AvgIpc) is 3.64. The molecule has 2 aromatic heterocycles. The SMILES string of the molecule is N#CC(C#N)=C1C(c2nc(C(F)(F)F)nc(C(F)(F)F)n2)=C(C#N)c2c(F)c3c(c(F)c21)C(=C(C#N)C#N)C(c1nc(C(F)(F)F)nc(C(F)(F)F)n1)=C3C#N. The van der Waals surface area contributed by atoms with Gasteiger partial charge in [0.1, 0.15) is 59.2 Å². The van der Waals surface area contributed by atoms with Crippen LogP contribution < -0.4 is 0 Å². The van der Waals surface area contributed by atoms with Crippen molar-refractivity contribution in [2.75, 3.05) is 0 Å². The molecule has 0 N–H and O–H groups in total. The van der Waals surface area contributed by atoms with Crippen LogP contribution in [0, 0.1) is 79.6 Å². The zero-order valence-corrected chi connectivity index (χ0v) is 25.7. The van der Waals surface area contributed by atoms with Crippen molar-refractivity contribution in [2.45, 2.75) is 24.7 Å². The molecule has 56 heavy (non-hydrogen) atoms. The first kappa shape index (κ1) is 39.4. The van der Waals surface area contributed by atoms with Gasteiger partial charge in [0.25, 0.3) is 0 Å². The van der Waals surface area contributed by atoms with Gasteiger partial charge in [0.15, 0.2) is 11.6 Å². The molecule has 1 aromatic carbocycles. The zero-order chi connectivity index (χ0) is 42.0. The van der Waals surface area contributed by atoms with Crippen LogP contribution in [-0.2, 0) is 24.7 Å². The molecule has 26 heteroatoms. The first-order chi connectivity index (χ1) is 25.9. The largest absolute Gasteiger partial charge is 0.451 e. The molecule has 0 spiro atoms. The Labute approximate surface area is 297 Å². The Balaban J connectivity index is 2.06. The second kappa shape index (κ2) is 12.9. The van der Waals surface area contributed by atoms with E-state index in [0.29, 0.717) is 0 Å². The van der Waals surface area contributed by atoms with Gasteiger partial charge in [-0.15, -0.1) is 0 Å². The predicted molar refractivity (Wildman–Crippen MR) is 147 cm³/mol. The standard InChI is InChI=1S/C30F14N12/c31-19-13-9(5-49)15(21-51-23(27(33,34)35)55-24(52-21)28(36,37)38)11(7(1-45)2-46)17(13)20(32)18-12(8(3-47)4-48)16(10(6-50)14(18)19)22-53-25(29(39,40)41)56-26(54-22)30(42,43)44. The van der Waals surface area contributed by atoms with Gasteiger partial charge in [0.05, 0.1) is 11.1 Å². The lowest BCUT2D eigenvalue weighted by molar-refractivity contribution is -0.156. The average molecular weight is 794 g/mol. The van der Waals surface area contributed by atoms with E-state index >= 15 is 8.78 Å². The molecule has 2 aliphatic carbocycles. The summed E-state index contributed by atoms with van der Waals surface area (Å²) >= 11 is 0. The quantitative estimate of drug-likeness (QED) is 0.191. The van der Waals surface area contributed by atoms with Crippen LogP contribution in [0.15, 0.2) is 11.1 Å². The molecule has 278 valence electrons. The fraction of sp³-hybridized carbons (Fsp3) is 0.133. The molecule has 0 bridgehead atoms. The third-order valence-corrected chi connectivity index (χ3v) is 7.28. The number of halogens is 14. The summed E-state index contributed by atoms with van der Waals surface area (Å²) < 4.78 is 198. The van der Waals surface area contributed by atoms with E-state index < -0.39 is 138 Å². The van der Waals surface area contributed by atoms with E-state index in [1.165, 1.54) is 0 Å². The minimum atomic E-state index is -5.83. The monoisotopic (exact) mass is 794 g/mol. The number of aromatic nitrogens is 6. The Morgan fingerprint density at radius 1 is 0.393 bits per heavy atom. The molecule has 12 nitrogen and oxygen atoms in total. The molecule has 0 saturated heterocycles. The van der Waals surface area contributed by atoms with Gasteiger partial charge >= 0.3 is 24.7 Å². The van der Waals surface area contributed by atoms with Gasteiger partial charge in [-0.3, -0.25) is 0 Å². The third kappa shape index (κ3) is 6.11. The number of rotatable bonds is 2. The van der Waals surface area contributed by atoms with Crippen LogP contribution in [0.4, 0.5) is 61.5 Å². The van der Waals surface area contributed by atoms with Crippen molar-refractivity contribution in [1.82, 2.24) is 29.9 Å². The number of benzene rings is 1. The Bertz CT molecular complexity index is 2440. The summed E-state index contributed by atoms with van der Waals surface area (Å²) in [7, 11) is 0. The van der Waals surface area contributed by atoms with Crippen molar-refractivity contribution in [3.63, 3.8) is 0 Å². The molecule has 0 aliphatic heterocycles. The molecule has 2 aliphatic rings. The van der Waals surface area contributed by atoms with Gasteiger partial charge in [-0.25, -0.2) is 38.7 Å². The molecule has 3 aromatic rings. The van der Waals surface area contributed by atoms with E-state index in [9.17, 15) is 84.3 Å². The number of allylic oxidation sites excluding steroid dienone is 8. The Hall–Kier alpha value is -7.84. The van der Waals surface area contributed by atoms with Crippen molar-refractivity contribution in [1.29, 1.82) is 31.6 Å². The molecule has 0 unspecified atom stereocenters. The number of hydrogen-bond acceptors (Lipinski definition) is 12. The summed E-state index contributed by atoms with van der Waals surface area (Å²) in [6.07, 6.45) is -23.3. The van der Waals surface area contributed by atoms with Gasteiger partial charge in [-0.05, 0) is 0 Å². The minimum Gasteiger partial charge on any atom is -0.206 e. The van der Waals surface area contributed by atoms with Crippen molar-refractivity contribution in [3.05, 3.63) is 80.0 Å². The number of fused-ring (bicyclic) bond motifs is 2. The Kier molecular flexibility index (Phi) is 9.09. The molecule has 5 rings (SSSR count). The van der Waals surface area contributed by atoms with E-state index in [2.05, 4.69) is 29.9 Å². The predicted octanol–water partition coefficient (Wildman–Crippen LogP) is 6.91. The van der Waals surface area contributed by atoms with Gasteiger partial charge in [-0.1, -0.05) is 0 Å². The third-order valence-electron chi connectivity index (χ3n) is 7.28. The fourth-order valence-electron chi connectivity index (χ4n) is 5.30. The minimum absolute atomic E-state index is 1.09. The topological polar surface area (TPSA) is 220 Å². The van der Waals surface area contributed by atoms with Crippen molar-refractivity contribution >= 4 is 33.4 Å². The maximum absolute atomic E-state index is 17.1. The van der Waals surface area contributed by atoms with Crippen LogP contribution in [0.2, 0.25) is 0 Å². The van der Waals surface area contributed by atoms with E-state index in [4.69, 9.17) is 0 Å². The maximum Gasteiger partial charge on any atom is 0.451 e. The second-order valence-electron chi connectivity index (χ2n) is 10.4. The smallest absolute Gasteiger partial charge is 0.206 e. The van der Waals surface area contributed by atoms with Gasteiger partial charge < -0.3 is 0 Å². The number of nitriles is 6. The van der Waals surface area contributed by atoms with E-state index in [0.717, 1.165) is 36.4 Å². The molecular formula is C30F14N12. The summed E-state index contributed by atoms with van der Waals surface area (Å²) in [5.74, 6) is -18.5. The van der Waals surface area contributed by atoms with Gasteiger partial charge in [-0.2, -0.15) is 84.3 Å². The summed E-state index contributed by atoms with van der Waals surface area (Å²) in [6, 6.07) is 6.57. The first-order valence-corrected chi connectivity index (χ1v) is 13.7. The highest BCUT2D eigenvalue weighted by molar-refractivity contribution is 6.29. The van der Waals surface area contributed by atoms with Crippen molar-refractivity contribution in [2.24, 2.45) is 0 Å². The zero-order valence-electron chi connectivity index (χ0n) is 25.7. The van der Waals surface area contributed by atoms with Crippen molar-refractivity contribution in [3.8, 4) is 36.4 Å². The lowest BCUT2D eigenvalue weighted by Crippen LogP contribution is -2.21. The van der Waals surface area contributed by atoms with Crippen LogP contribution in [0.3, 0.4) is 0 Å². The summed E-state index contributed by atoms with van der Waals surface area (Å²) in [4.78, 5) is 15.8.